The van der Waals surface area contributed by atoms with Gasteiger partial charge in [0, 0.05) is 18.7 Å². The Hall–Kier alpha value is -1.60. The second-order valence-corrected chi connectivity index (χ2v) is 4.18. The van der Waals surface area contributed by atoms with Gasteiger partial charge in [-0.3, -0.25) is 4.79 Å². The van der Waals surface area contributed by atoms with Crippen molar-refractivity contribution in [3.8, 4) is 0 Å². The van der Waals surface area contributed by atoms with E-state index in [9.17, 15) is 18.0 Å². The van der Waals surface area contributed by atoms with Gasteiger partial charge in [-0.15, -0.1) is 0 Å². The van der Waals surface area contributed by atoms with Crippen LogP contribution < -0.4 is 0 Å². The van der Waals surface area contributed by atoms with E-state index in [0.29, 0.717) is 12.1 Å². The molecule has 1 aromatic carbocycles. The van der Waals surface area contributed by atoms with Gasteiger partial charge in [0.1, 0.15) is 0 Å². The summed E-state index contributed by atoms with van der Waals surface area (Å²) in [6.45, 7) is 0.338. The third kappa shape index (κ3) is 2.87. The van der Waals surface area contributed by atoms with Gasteiger partial charge in [0.25, 0.3) is 5.91 Å². The van der Waals surface area contributed by atoms with Crippen LogP contribution in [0.25, 0.3) is 0 Å². The second kappa shape index (κ2) is 5.58. The van der Waals surface area contributed by atoms with Gasteiger partial charge in [-0.05, 0) is 12.1 Å². The lowest BCUT2D eigenvalue weighted by Crippen LogP contribution is -2.46. The maximum atomic E-state index is 13.1. The highest BCUT2D eigenvalue weighted by atomic mass is 19.2. The van der Waals surface area contributed by atoms with E-state index < -0.39 is 29.5 Å². The molecule has 1 heterocycles. The van der Waals surface area contributed by atoms with Gasteiger partial charge >= 0.3 is 0 Å². The first-order valence-electron chi connectivity index (χ1n) is 5.69. The summed E-state index contributed by atoms with van der Waals surface area (Å²) in [6.07, 6.45) is -0.521. The molecule has 0 saturated carbocycles. The number of hydrogen-bond acceptors (Lipinski definition) is 3. The number of ether oxygens (including phenoxy) is 1. The molecule has 4 nitrogen and oxygen atoms in total. The molecule has 1 amide bonds. The minimum absolute atomic E-state index is 0.121. The number of morpholine rings is 1. The maximum Gasteiger partial charge on any atom is 0.254 e. The highest BCUT2D eigenvalue weighted by molar-refractivity contribution is 5.94. The minimum Gasteiger partial charge on any atom is -0.394 e. The van der Waals surface area contributed by atoms with E-state index in [0.717, 1.165) is 0 Å². The standard InChI is InChI=1S/C12H12F3NO3/c13-9-3-7(4-10(14)11(9)15)12(18)16-1-2-19-8(5-16)6-17/h3-4,8,17H,1-2,5-6H2. The van der Waals surface area contributed by atoms with Crippen molar-refractivity contribution in [2.75, 3.05) is 26.3 Å². The molecule has 1 atom stereocenters. The molecule has 0 spiro atoms. The lowest BCUT2D eigenvalue weighted by atomic mass is 10.1. The number of halogens is 3. The van der Waals surface area contributed by atoms with Crippen molar-refractivity contribution in [2.45, 2.75) is 6.10 Å². The average molecular weight is 275 g/mol. The first-order valence-corrected chi connectivity index (χ1v) is 5.69. The molecule has 1 aliphatic heterocycles. The van der Waals surface area contributed by atoms with Crippen LogP contribution in [0.5, 0.6) is 0 Å². The number of rotatable bonds is 2. The van der Waals surface area contributed by atoms with Crippen LogP contribution in [-0.2, 0) is 4.74 Å². The monoisotopic (exact) mass is 275 g/mol. The lowest BCUT2D eigenvalue weighted by Gasteiger charge is -2.32. The van der Waals surface area contributed by atoms with Crippen LogP contribution in [0.2, 0.25) is 0 Å². The summed E-state index contributed by atoms with van der Waals surface area (Å²) < 4.78 is 44.1. The van der Waals surface area contributed by atoms with E-state index in [1.807, 2.05) is 0 Å². The Morgan fingerprint density at radius 1 is 1.37 bits per heavy atom. The Morgan fingerprint density at radius 3 is 2.58 bits per heavy atom. The van der Waals surface area contributed by atoms with Crippen LogP contribution in [0.3, 0.4) is 0 Å². The van der Waals surface area contributed by atoms with E-state index in [2.05, 4.69) is 0 Å². The van der Waals surface area contributed by atoms with E-state index in [1.54, 1.807) is 0 Å². The minimum atomic E-state index is -1.60. The fourth-order valence-corrected chi connectivity index (χ4v) is 1.88. The summed E-state index contributed by atoms with van der Waals surface area (Å²) in [5, 5.41) is 8.95. The molecule has 0 radical (unpaired) electrons. The van der Waals surface area contributed by atoms with E-state index in [-0.39, 0.29) is 31.9 Å². The average Bonchev–Trinajstić information content (AvgIpc) is 2.43. The number of amides is 1. The van der Waals surface area contributed by atoms with Gasteiger partial charge in [0.15, 0.2) is 17.5 Å². The molecule has 1 aliphatic rings. The normalized spacial score (nSPS) is 19.6. The SMILES string of the molecule is O=C(c1cc(F)c(F)c(F)c1)N1CCOC(CO)C1. The molecule has 0 aliphatic carbocycles. The van der Waals surface area contributed by atoms with Crippen LogP contribution >= 0.6 is 0 Å². The van der Waals surface area contributed by atoms with E-state index in [4.69, 9.17) is 9.84 Å². The van der Waals surface area contributed by atoms with Crippen LogP contribution in [0, 0.1) is 17.5 Å². The Morgan fingerprint density at radius 2 is 2.00 bits per heavy atom. The van der Waals surface area contributed by atoms with Crippen molar-refractivity contribution in [3.05, 3.63) is 35.1 Å². The third-order valence-corrected chi connectivity index (χ3v) is 2.86. The summed E-state index contributed by atoms with van der Waals surface area (Å²) >= 11 is 0. The van der Waals surface area contributed by atoms with Gasteiger partial charge < -0.3 is 14.7 Å². The Bertz CT molecular complexity index is 472. The molecule has 1 fully saturated rings. The number of benzene rings is 1. The van der Waals surface area contributed by atoms with Crippen molar-refractivity contribution in [3.63, 3.8) is 0 Å². The van der Waals surface area contributed by atoms with Gasteiger partial charge in [0.2, 0.25) is 0 Å². The summed E-state index contributed by atoms with van der Waals surface area (Å²) in [5.74, 6) is -5.04. The van der Waals surface area contributed by atoms with Crippen LogP contribution in [0.1, 0.15) is 10.4 Å². The number of aliphatic hydroxyl groups excluding tert-OH is 1. The summed E-state index contributed by atoms with van der Waals surface area (Å²) in [7, 11) is 0. The third-order valence-electron chi connectivity index (χ3n) is 2.86. The van der Waals surface area contributed by atoms with Gasteiger partial charge in [-0.2, -0.15) is 0 Å². The molecule has 2 rings (SSSR count). The highest BCUT2D eigenvalue weighted by Gasteiger charge is 2.26. The second-order valence-electron chi connectivity index (χ2n) is 4.18. The summed E-state index contributed by atoms with van der Waals surface area (Å²) in [5.41, 5.74) is -0.269. The van der Waals surface area contributed by atoms with Crippen molar-refractivity contribution < 1.29 is 27.8 Å². The quantitative estimate of drug-likeness (QED) is 0.817. The van der Waals surface area contributed by atoms with E-state index >= 15 is 0 Å². The predicted octanol–water partition coefficient (Wildman–Crippen LogP) is 0.937. The number of hydrogen-bond donors (Lipinski definition) is 1. The molecule has 1 saturated heterocycles. The van der Waals surface area contributed by atoms with Crippen molar-refractivity contribution in [2.24, 2.45) is 0 Å². The Labute approximate surface area is 107 Å². The van der Waals surface area contributed by atoms with Gasteiger partial charge in [0.05, 0.1) is 19.3 Å². The van der Waals surface area contributed by atoms with Crippen molar-refractivity contribution in [1.82, 2.24) is 4.90 Å². The summed E-state index contributed by atoms with van der Waals surface area (Å²) in [4.78, 5) is 13.3. The Balaban J connectivity index is 2.19. The first kappa shape index (κ1) is 13.8. The topological polar surface area (TPSA) is 49.8 Å². The summed E-state index contributed by atoms with van der Waals surface area (Å²) in [6, 6.07) is 1.31. The van der Waals surface area contributed by atoms with Crippen LogP contribution in [0.4, 0.5) is 13.2 Å². The van der Waals surface area contributed by atoms with Crippen molar-refractivity contribution >= 4 is 5.91 Å². The molecule has 0 aromatic heterocycles. The zero-order chi connectivity index (χ0) is 14.0. The molecular weight excluding hydrogens is 263 g/mol. The smallest absolute Gasteiger partial charge is 0.254 e. The molecule has 19 heavy (non-hydrogen) atoms. The van der Waals surface area contributed by atoms with E-state index in [1.165, 1.54) is 4.90 Å². The fraction of sp³-hybridized carbons (Fsp3) is 0.417. The van der Waals surface area contributed by atoms with Gasteiger partial charge in [-0.25, -0.2) is 13.2 Å². The molecule has 0 bridgehead atoms. The van der Waals surface area contributed by atoms with Gasteiger partial charge in [-0.1, -0.05) is 0 Å². The lowest BCUT2D eigenvalue weighted by molar-refractivity contribution is -0.0447. The highest BCUT2D eigenvalue weighted by Crippen LogP contribution is 2.16. The number of nitrogens with zero attached hydrogens (tertiary/aromatic N) is 1. The molecule has 104 valence electrons. The number of carbonyl (C=O) groups is 1. The predicted molar refractivity (Wildman–Crippen MR) is 59.0 cm³/mol. The maximum absolute atomic E-state index is 13.1. The largest absolute Gasteiger partial charge is 0.394 e. The zero-order valence-electron chi connectivity index (χ0n) is 9.91. The molecular formula is C12H12F3NO3. The fourth-order valence-electron chi connectivity index (χ4n) is 1.88. The molecule has 1 unspecified atom stereocenters. The first-order chi connectivity index (χ1) is 9.02. The Kier molecular flexibility index (Phi) is 4.06. The van der Waals surface area contributed by atoms with Crippen LogP contribution in [0.15, 0.2) is 12.1 Å². The van der Waals surface area contributed by atoms with Crippen LogP contribution in [-0.4, -0.2) is 48.3 Å². The molecule has 1 N–H and O–H groups in total. The van der Waals surface area contributed by atoms with Crippen molar-refractivity contribution in [1.29, 1.82) is 0 Å². The number of carbonyl (C=O) groups excluding carboxylic acids is 1. The molecule has 1 aromatic rings. The number of aliphatic hydroxyl groups is 1. The molecule has 7 heteroatoms. The zero-order valence-corrected chi connectivity index (χ0v) is 9.91.